The zero-order valence-corrected chi connectivity index (χ0v) is 6.29. The predicted molar refractivity (Wildman–Crippen MR) is 39.4 cm³/mol. The molecule has 0 saturated heterocycles. The van der Waals surface area contributed by atoms with Crippen LogP contribution in [0.15, 0.2) is 12.3 Å². The van der Waals surface area contributed by atoms with Gasteiger partial charge in [-0.25, -0.2) is 4.68 Å². The summed E-state index contributed by atoms with van der Waals surface area (Å²) < 4.78 is 7.51. The number of ether oxygens (including phenoxy) is 1. The van der Waals surface area contributed by atoms with Gasteiger partial charge in [-0.15, -0.1) is 0 Å². The lowest BCUT2D eigenvalue weighted by atomic mass is 10.1. The summed E-state index contributed by atoms with van der Waals surface area (Å²) >= 11 is 0. The number of rotatable bonds is 0. The van der Waals surface area contributed by atoms with Crippen LogP contribution in [0.25, 0.3) is 0 Å². The van der Waals surface area contributed by atoms with Crippen molar-refractivity contribution in [3.05, 3.63) is 12.3 Å². The molecule has 1 spiro atoms. The Balaban J connectivity index is 2.00. The van der Waals surface area contributed by atoms with Crippen LogP contribution in [0.4, 0.5) is 0 Å². The van der Waals surface area contributed by atoms with Crippen molar-refractivity contribution in [2.45, 2.75) is 19.4 Å². The molecule has 2 aliphatic rings. The smallest absolute Gasteiger partial charge is 0.211 e. The molecule has 58 valence electrons. The van der Waals surface area contributed by atoms with Crippen molar-refractivity contribution >= 4 is 0 Å². The van der Waals surface area contributed by atoms with Gasteiger partial charge in [-0.3, -0.25) is 0 Å². The monoisotopic (exact) mass is 150 g/mol. The van der Waals surface area contributed by atoms with E-state index in [1.54, 1.807) is 6.20 Å². The molecule has 0 unspecified atom stereocenters. The third kappa shape index (κ3) is 0.708. The van der Waals surface area contributed by atoms with Gasteiger partial charge in [0, 0.05) is 11.5 Å². The van der Waals surface area contributed by atoms with Gasteiger partial charge < -0.3 is 4.74 Å². The standard InChI is InChI=1S/C8H10N2O/c1-4-9-10-5-8(2-3-8)6-11-7(1)10/h1,4H,2-3,5-6H2. The van der Waals surface area contributed by atoms with E-state index in [0.717, 1.165) is 19.0 Å². The highest BCUT2D eigenvalue weighted by Crippen LogP contribution is 2.49. The average Bonchev–Trinajstić information content (AvgIpc) is 2.63. The van der Waals surface area contributed by atoms with Crippen LogP contribution in [0, 0.1) is 5.41 Å². The van der Waals surface area contributed by atoms with Gasteiger partial charge in [0.15, 0.2) is 0 Å². The highest BCUT2D eigenvalue weighted by Gasteiger charge is 2.46. The summed E-state index contributed by atoms with van der Waals surface area (Å²) in [6.07, 6.45) is 4.43. The summed E-state index contributed by atoms with van der Waals surface area (Å²) in [6.45, 7) is 1.97. The zero-order chi connectivity index (χ0) is 7.31. The van der Waals surface area contributed by atoms with Crippen molar-refractivity contribution in [2.24, 2.45) is 5.41 Å². The molecule has 0 aromatic carbocycles. The molecule has 1 aromatic rings. The van der Waals surface area contributed by atoms with E-state index in [4.69, 9.17) is 4.74 Å². The quantitative estimate of drug-likeness (QED) is 0.553. The molecule has 11 heavy (non-hydrogen) atoms. The van der Waals surface area contributed by atoms with E-state index in [-0.39, 0.29) is 0 Å². The Morgan fingerprint density at radius 3 is 3.27 bits per heavy atom. The SMILES string of the molecule is c1cc2n(n1)CC1(CC1)CO2. The lowest BCUT2D eigenvalue weighted by molar-refractivity contribution is 0.148. The molecule has 3 nitrogen and oxygen atoms in total. The first-order valence-electron chi connectivity index (χ1n) is 4.03. The summed E-state index contributed by atoms with van der Waals surface area (Å²) in [5, 5.41) is 4.18. The molecule has 1 aliphatic heterocycles. The van der Waals surface area contributed by atoms with Gasteiger partial charge in [0.05, 0.1) is 19.3 Å². The van der Waals surface area contributed by atoms with Crippen molar-refractivity contribution in [3.8, 4) is 5.88 Å². The van der Waals surface area contributed by atoms with E-state index in [1.807, 2.05) is 10.7 Å². The van der Waals surface area contributed by atoms with Gasteiger partial charge in [0.1, 0.15) is 0 Å². The van der Waals surface area contributed by atoms with Crippen LogP contribution >= 0.6 is 0 Å². The van der Waals surface area contributed by atoms with E-state index in [9.17, 15) is 0 Å². The van der Waals surface area contributed by atoms with E-state index in [0.29, 0.717) is 5.41 Å². The summed E-state index contributed by atoms with van der Waals surface area (Å²) in [5.74, 6) is 0.933. The molecule has 3 rings (SSSR count). The van der Waals surface area contributed by atoms with Gasteiger partial charge in [-0.1, -0.05) is 0 Å². The van der Waals surface area contributed by atoms with Crippen molar-refractivity contribution in [2.75, 3.05) is 6.61 Å². The maximum Gasteiger partial charge on any atom is 0.211 e. The van der Waals surface area contributed by atoms with Crippen molar-refractivity contribution in [1.82, 2.24) is 9.78 Å². The second-order valence-corrected chi connectivity index (χ2v) is 3.62. The van der Waals surface area contributed by atoms with Crippen molar-refractivity contribution < 1.29 is 4.74 Å². The summed E-state index contributed by atoms with van der Waals surface area (Å²) in [6, 6.07) is 1.93. The topological polar surface area (TPSA) is 27.1 Å². The Labute approximate surface area is 65.0 Å². The maximum absolute atomic E-state index is 5.54. The molecule has 0 amide bonds. The third-order valence-corrected chi connectivity index (χ3v) is 2.65. The molecular formula is C8H10N2O. The van der Waals surface area contributed by atoms with E-state index >= 15 is 0 Å². The lowest BCUT2D eigenvalue weighted by Gasteiger charge is -2.23. The van der Waals surface area contributed by atoms with E-state index in [2.05, 4.69) is 5.10 Å². The summed E-state index contributed by atoms with van der Waals surface area (Å²) in [7, 11) is 0. The minimum Gasteiger partial charge on any atom is -0.477 e. The minimum atomic E-state index is 0.471. The molecule has 1 aliphatic carbocycles. The second kappa shape index (κ2) is 1.60. The van der Waals surface area contributed by atoms with Crippen LogP contribution in [0.2, 0.25) is 0 Å². The average molecular weight is 150 g/mol. The Morgan fingerprint density at radius 2 is 2.45 bits per heavy atom. The van der Waals surface area contributed by atoms with Crippen LogP contribution in [-0.4, -0.2) is 16.4 Å². The number of hydrogen-bond acceptors (Lipinski definition) is 2. The first-order chi connectivity index (χ1) is 5.38. The molecular weight excluding hydrogens is 140 g/mol. The fourth-order valence-electron chi connectivity index (χ4n) is 1.63. The van der Waals surface area contributed by atoms with E-state index in [1.165, 1.54) is 12.8 Å². The predicted octanol–water partition coefficient (Wildman–Crippen LogP) is 1.06. The highest BCUT2D eigenvalue weighted by atomic mass is 16.5. The van der Waals surface area contributed by atoms with Gasteiger partial charge in [-0.2, -0.15) is 5.10 Å². The van der Waals surface area contributed by atoms with Gasteiger partial charge in [-0.05, 0) is 12.8 Å². The van der Waals surface area contributed by atoms with Crippen molar-refractivity contribution in [1.29, 1.82) is 0 Å². The molecule has 1 fully saturated rings. The fourth-order valence-corrected chi connectivity index (χ4v) is 1.63. The van der Waals surface area contributed by atoms with Crippen LogP contribution in [0.1, 0.15) is 12.8 Å². The molecule has 0 atom stereocenters. The molecule has 3 heteroatoms. The first kappa shape index (κ1) is 5.63. The third-order valence-electron chi connectivity index (χ3n) is 2.65. The van der Waals surface area contributed by atoms with Crippen LogP contribution < -0.4 is 4.74 Å². The number of nitrogens with zero attached hydrogens (tertiary/aromatic N) is 2. The number of aromatic nitrogens is 2. The molecule has 1 aromatic heterocycles. The normalized spacial score (nSPS) is 24.4. The molecule has 2 heterocycles. The Kier molecular flexibility index (Phi) is 0.819. The fraction of sp³-hybridized carbons (Fsp3) is 0.625. The van der Waals surface area contributed by atoms with Crippen LogP contribution in [0.3, 0.4) is 0 Å². The first-order valence-corrected chi connectivity index (χ1v) is 4.03. The van der Waals surface area contributed by atoms with Gasteiger partial charge in [0.2, 0.25) is 5.88 Å². The molecule has 0 bridgehead atoms. The Hall–Kier alpha value is -0.990. The summed E-state index contributed by atoms with van der Waals surface area (Å²) in [4.78, 5) is 0. The number of fused-ring (bicyclic) bond motifs is 1. The second-order valence-electron chi connectivity index (χ2n) is 3.62. The zero-order valence-electron chi connectivity index (χ0n) is 6.29. The summed E-state index contributed by atoms with van der Waals surface area (Å²) in [5.41, 5.74) is 0.471. The molecule has 0 radical (unpaired) electrons. The Morgan fingerprint density at radius 1 is 1.55 bits per heavy atom. The van der Waals surface area contributed by atoms with Crippen LogP contribution in [-0.2, 0) is 6.54 Å². The van der Waals surface area contributed by atoms with Crippen molar-refractivity contribution in [3.63, 3.8) is 0 Å². The van der Waals surface area contributed by atoms with Crippen LogP contribution in [0.5, 0.6) is 5.88 Å². The number of hydrogen-bond donors (Lipinski definition) is 0. The maximum atomic E-state index is 5.54. The molecule has 0 N–H and O–H groups in total. The van der Waals surface area contributed by atoms with Gasteiger partial charge in [0.25, 0.3) is 0 Å². The highest BCUT2D eigenvalue weighted by molar-refractivity contribution is 5.13. The molecule has 1 saturated carbocycles. The largest absolute Gasteiger partial charge is 0.477 e. The lowest BCUT2D eigenvalue weighted by Crippen LogP contribution is -2.26. The van der Waals surface area contributed by atoms with E-state index < -0.39 is 0 Å². The van der Waals surface area contributed by atoms with Gasteiger partial charge >= 0.3 is 0 Å². The Bertz CT molecular complexity index is 288. The minimum absolute atomic E-state index is 0.471.